The first-order valence-corrected chi connectivity index (χ1v) is 9.36. The Kier molecular flexibility index (Phi) is 5.20. The lowest BCUT2D eigenvalue weighted by atomic mass is 10.1. The summed E-state index contributed by atoms with van der Waals surface area (Å²) >= 11 is 4.74. The number of aryl methyl sites for hydroxylation is 1. The third-order valence-electron chi connectivity index (χ3n) is 3.80. The lowest BCUT2D eigenvalue weighted by Gasteiger charge is -2.15. The Bertz CT molecular complexity index is 903. The molecule has 0 radical (unpaired) electrons. The highest BCUT2D eigenvalue weighted by Gasteiger charge is 2.13. The average Bonchev–Trinajstić information content (AvgIpc) is 3.05. The molecule has 0 bridgehead atoms. The molecule has 0 fully saturated rings. The van der Waals surface area contributed by atoms with Gasteiger partial charge < -0.3 is 10.2 Å². The highest BCUT2D eigenvalue weighted by atomic mass is 79.9. The highest BCUT2D eigenvalue weighted by Crippen LogP contribution is 2.28. The minimum absolute atomic E-state index is 0.0160. The molecule has 0 atom stereocenters. The molecule has 1 aromatic heterocycles. The number of nitrogens with one attached hydrogen (secondary N) is 1. The van der Waals surface area contributed by atoms with Crippen LogP contribution >= 0.6 is 27.3 Å². The van der Waals surface area contributed by atoms with Gasteiger partial charge in [0.25, 0.3) is 0 Å². The summed E-state index contributed by atoms with van der Waals surface area (Å²) < 4.78 is 0.951. The fraction of sp³-hybridized carbons (Fsp3) is 0.158. The monoisotopic (exact) mass is 415 g/mol. The van der Waals surface area contributed by atoms with Gasteiger partial charge >= 0.3 is 0 Å². The van der Waals surface area contributed by atoms with Gasteiger partial charge in [-0.25, -0.2) is 4.98 Å². The predicted octanol–water partition coefficient (Wildman–Crippen LogP) is 5.25. The van der Waals surface area contributed by atoms with Crippen molar-refractivity contribution in [3.8, 4) is 0 Å². The first-order valence-electron chi connectivity index (χ1n) is 7.75. The van der Waals surface area contributed by atoms with Gasteiger partial charge in [-0.2, -0.15) is 0 Å². The fourth-order valence-corrected chi connectivity index (χ4v) is 3.42. The normalized spacial score (nSPS) is 10.6. The molecule has 128 valence electrons. The molecular weight excluding hydrogens is 398 g/mol. The Balaban J connectivity index is 1.78. The van der Waals surface area contributed by atoms with E-state index in [0.29, 0.717) is 15.6 Å². The summed E-state index contributed by atoms with van der Waals surface area (Å²) in [6.07, 6.45) is 1.63. The van der Waals surface area contributed by atoms with Crippen LogP contribution in [0.15, 0.2) is 53.1 Å². The van der Waals surface area contributed by atoms with Crippen molar-refractivity contribution in [2.24, 2.45) is 0 Å². The zero-order valence-electron chi connectivity index (χ0n) is 14.2. The van der Waals surface area contributed by atoms with Crippen molar-refractivity contribution < 1.29 is 4.79 Å². The molecule has 0 amide bonds. The maximum Gasteiger partial charge on any atom is 0.204 e. The number of nitrogens with zero attached hydrogens (tertiary/aromatic N) is 2. The van der Waals surface area contributed by atoms with Gasteiger partial charge in [0.1, 0.15) is 0 Å². The van der Waals surface area contributed by atoms with E-state index in [-0.39, 0.29) is 5.78 Å². The van der Waals surface area contributed by atoms with Crippen LogP contribution in [0, 0.1) is 6.92 Å². The van der Waals surface area contributed by atoms with E-state index >= 15 is 0 Å². The van der Waals surface area contributed by atoms with Crippen LogP contribution in [0.5, 0.6) is 0 Å². The van der Waals surface area contributed by atoms with Crippen molar-refractivity contribution >= 4 is 49.6 Å². The number of thiazole rings is 1. The minimum atomic E-state index is -0.0160. The molecule has 1 heterocycles. The fourth-order valence-electron chi connectivity index (χ4n) is 2.36. The van der Waals surface area contributed by atoms with Crippen molar-refractivity contribution in [1.82, 2.24) is 4.98 Å². The maximum atomic E-state index is 12.5. The molecule has 0 saturated heterocycles. The van der Waals surface area contributed by atoms with E-state index < -0.39 is 0 Å². The van der Waals surface area contributed by atoms with Crippen LogP contribution in [0.4, 0.5) is 16.5 Å². The topological polar surface area (TPSA) is 45.2 Å². The number of carbonyl (C=O) groups excluding carboxylic acids is 1. The molecule has 6 heteroatoms. The number of hydrogen-bond acceptors (Lipinski definition) is 5. The van der Waals surface area contributed by atoms with E-state index in [1.165, 1.54) is 11.3 Å². The third kappa shape index (κ3) is 4.08. The predicted molar refractivity (Wildman–Crippen MR) is 108 cm³/mol. The van der Waals surface area contributed by atoms with Gasteiger partial charge in [-0.3, -0.25) is 4.79 Å². The summed E-state index contributed by atoms with van der Waals surface area (Å²) in [6.45, 7) is 2.05. The number of halogens is 1. The van der Waals surface area contributed by atoms with Gasteiger partial charge in [0.05, 0.1) is 11.1 Å². The second kappa shape index (κ2) is 7.37. The molecule has 4 nitrogen and oxygen atoms in total. The SMILES string of the molecule is Cc1cc(N(C)C)ccc1Nc1ncc(C(=O)c2ccc(Br)cc2)s1. The lowest BCUT2D eigenvalue weighted by Crippen LogP contribution is -2.08. The molecular formula is C19H18BrN3OS. The number of rotatable bonds is 5. The number of ketones is 1. The van der Waals surface area contributed by atoms with Gasteiger partial charge in [0, 0.05) is 35.5 Å². The number of aromatic nitrogens is 1. The molecule has 3 rings (SSSR count). The molecule has 1 N–H and O–H groups in total. The van der Waals surface area contributed by atoms with Crippen molar-refractivity contribution in [3.63, 3.8) is 0 Å². The molecule has 0 aliphatic carbocycles. The van der Waals surface area contributed by atoms with Crippen molar-refractivity contribution in [1.29, 1.82) is 0 Å². The molecule has 0 spiro atoms. The van der Waals surface area contributed by atoms with Gasteiger partial charge in [-0.15, -0.1) is 0 Å². The zero-order chi connectivity index (χ0) is 18.0. The lowest BCUT2D eigenvalue weighted by molar-refractivity contribution is 0.104. The van der Waals surface area contributed by atoms with Crippen LogP contribution < -0.4 is 10.2 Å². The Morgan fingerprint density at radius 3 is 2.52 bits per heavy atom. The summed E-state index contributed by atoms with van der Waals surface area (Å²) in [6, 6.07) is 13.5. The van der Waals surface area contributed by atoms with Gasteiger partial charge in [0.2, 0.25) is 5.78 Å². The summed E-state index contributed by atoms with van der Waals surface area (Å²) in [5.41, 5.74) is 3.92. The van der Waals surface area contributed by atoms with Crippen LogP contribution in [0.25, 0.3) is 0 Å². The molecule has 0 aliphatic heterocycles. The van der Waals surface area contributed by atoms with Crippen LogP contribution in [-0.2, 0) is 0 Å². The molecule has 25 heavy (non-hydrogen) atoms. The van der Waals surface area contributed by atoms with Crippen LogP contribution in [0.2, 0.25) is 0 Å². The molecule has 0 saturated carbocycles. The van der Waals surface area contributed by atoms with Crippen LogP contribution in [-0.4, -0.2) is 24.9 Å². The van der Waals surface area contributed by atoms with Gasteiger partial charge in [0.15, 0.2) is 5.13 Å². The Hall–Kier alpha value is -2.18. The number of benzene rings is 2. The Morgan fingerprint density at radius 2 is 1.88 bits per heavy atom. The third-order valence-corrected chi connectivity index (χ3v) is 5.24. The van der Waals surface area contributed by atoms with Crippen LogP contribution in [0.3, 0.4) is 0 Å². The Morgan fingerprint density at radius 1 is 1.16 bits per heavy atom. The standard InChI is InChI=1S/C19H18BrN3OS/c1-12-10-15(23(2)3)8-9-16(12)22-19-21-11-17(25-19)18(24)13-4-6-14(20)7-5-13/h4-11H,1-3H3,(H,21,22). The summed E-state index contributed by atoms with van der Waals surface area (Å²) in [7, 11) is 4.03. The molecule has 0 aliphatic rings. The summed E-state index contributed by atoms with van der Waals surface area (Å²) in [4.78, 5) is 19.6. The van der Waals surface area contributed by atoms with E-state index in [1.807, 2.05) is 44.4 Å². The van der Waals surface area contributed by atoms with E-state index in [2.05, 4.69) is 50.2 Å². The first-order chi connectivity index (χ1) is 11.9. The largest absolute Gasteiger partial charge is 0.378 e. The van der Waals surface area contributed by atoms with Crippen molar-refractivity contribution in [2.75, 3.05) is 24.3 Å². The van der Waals surface area contributed by atoms with Crippen LogP contribution in [0.1, 0.15) is 20.8 Å². The number of carbonyl (C=O) groups is 1. The smallest absolute Gasteiger partial charge is 0.204 e. The van der Waals surface area contributed by atoms with E-state index in [9.17, 15) is 4.79 Å². The van der Waals surface area contributed by atoms with Gasteiger partial charge in [-0.05, 0) is 55.0 Å². The Labute approximate surface area is 159 Å². The van der Waals surface area contributed by atoms with Crippen molar-refractivity contribution in [2.45, 2.75) is 6.92 Å². The van der Waals surface area contributed by atoms with E-state index in [0.717, 1.165) is 21.4 Å². The quantitative estimate of drug-likeness (QED) is 0.577. The second-order valence-corrected chi connectivity index (χ2v) is 7.83. The number of hydrogen-bond donors (Lipinski definition) is 1. The van der Waals surface area contributed by atoms with Crippen molar-refractivity contribution in [3.05, 3.63) is 69.1 Å². The zero-order valence-corrected chi connectivity index (χ0v) is 16.6. The summed E-state index contributed by atoms with van der Waals surface area (Å²) in [5, 5.41) is 4.01. The van der Waals surface area contributed by atoms with E-state index in [1.54, 1.807) is 6.20 Å². The van der Waals surface area contributed by atoms with E-state index in [4.69, 9.17) is 0 Å². The minimum Gasteiger partial charge on any atom is -0.378 e. The second-order valence-electron chi connectivity index (χ2n) is 5.88. The molecule has 2 aromatic carbocycles. The average molecular weight is 416 g/mol. The van der Waals surface area contributed by atoms with Gasteiger partial charge in [-0.1, -0.05) is 27.3 Å². The first kappa shape index (κ1) is 17.6. The number of anilines is 3. The highest BCUT2D eigenvalue weighted by molar-refractivity contribution is 9.10. The molecule has 3 aromatic rings. The maximum absolute atomic E-state index is 12.5. The summed E-state index contributed by atoms with van der Waals surface area (Å²) in [5.74, 6) is -0.0160. The molecule has 0 unspecified atom stereocenters.